The average Bonchev–Trinajstić information content (AvgIpc) is 3.17. The van der Waals surface area contributed by atoms with E-state index in [-0.39, 0.29) is 5.91 Å². The molecule has 4 nitrogen and oxygen atoms in total. The van der Waals surface area contributed by atoms with Crippen LogP contribution in [0.2, 0.25) is 0 Å². The van der Waals surface area contributed by atoms with E-state index in [4.69, 9.17) is 4.98 Å². The van der Waals surface area contributed by atoms with Crippen molar-refractivity contribution in [1.29, 1.82) is 0 Å². The van der Waals surface area contributed by atoms with Gasteiger partial charge in [0.05, 0.1) is 22.5 Å². The Hall–Kier alpha value is -3.05. The largest absolute Gasteiger partial charge is 0.278 e. The van der Waals surface area contributed by atoms with E-state index in [2.05, 4.69) is 24.0 Å². The molecule has 0 aliphatic heterocycles. The summed E-state index contributed by atoms with van der Waals surface area (Å²) in [5, 5.41) is 0.699. The molecule has 2 aromatic carbocycles. The highest BCUT2D eigenvalue weighted by Crippen LogP contribution is 2.32. The van der Waals surface area contributed by atoms with E-state index in [1.165, 1.54) is 5.56 Å². The minimum absolute atomic E-state index is 0.0710. The number of fused-ring (bicyclic) bond motifs is 1. The quantitative estimate of drug-likeness (QED) is 0.489. The lowest BCUT2D eigenvalue weighted by molar-refractivity contribution is 0.0985. The molecule has 4 aromatic rings. The minimum Gasteiger partial charge on any atom is -0.278 e. The Morgan fingerprint density at radius 3 is 2.56 bits per heavy atom. The molecule has 0 aliphatic carbocycles. The molecule has 134 valence electrons. The molecule has 0 aliphatic rings. The predicted octanol–water partition coefficient (Wildman–Crippen LogP) is 5.10. The number of benzene rings is 2. The third kappa shape index (κ3) is 3.59. The van der Waals surface area contributed by atoms with Gasteiger partial charge in [0.1, 0.15) is 0 Å². The fourth-order valence-corrected chi connectivity index (χ4v) is 4.02. The monoisotopic (exact) mass is 373 g/mol. The van der Waals surface area contributed by atoms with E-state index < -0.39 is 0 Å². The zero-order valence-corrected chi connectivity index (χ0v) is 15.8. The minimum atomic E-state index is -0.0710. The molecule has 5 heteroatoms. The molecular weight excluding hydrogens is 354 g/mol. The number of amides is 1. The van der Waals surface area contributed by atoms with Crippen molar-refractivity contribution in [3.63, 3.8) is 0 Å². The third-order valence-electron chi connectivity index (χ3n) is 4.42. The van der Waals surface area contributed by atoms with E-state index in [0.717, 1.165) is 22.3 Å². The van der Waals surface area contributed by atoms with Crippen molar-refractivity contribution >= 4 is 32.6 Å². The van der Waals surface area contributed by atoms with Crippen LogP contribution in [0.5, 0.6) is 0 Å². The second kappa shape index (κ2) is 7.68. The van der Waals surface area contributed by atoms with Gasteiger partial charge in [-0.15, -0.1) is 0 Å². The van der Waals surface area contributed by atoms with Gasteiger partial charge in [0.2, 0.25) is 0 Å². The SMILES string of the molecule is CCc1cccc2sc(N(Cc3ccccn3)C(=O)c3ccccc3)nc12. The number of para-hydroxylation sites is 1. The van der Waals surface area contributed by atoms with Crippen LogP contribution in [0.4, 0.5) is 5.13 Å². The number of thiazole rings is 1. The second-order valence-corrected chi connectivity index (χ2v) is 7.20. The van der Waals surface area contributed by atoms with Gasteiger partial charge in [0, 0.05) is 11.8 Å². The van der Waals surface area contributed by atoms with Crippen molar-refractivity contribution in [1.82, 2.24) is 9.97 Å². The highest BCUT2D eigenvalue weighted by molar-refractivity contribution is 7.22. The van der Waals surface area contributed by atoms with Gasteiger partial charge >= 0.3 is 0 Å². The summed E-state index contributed by atoms with van der Waals surface area (Å²) in [5.41, 5.74) is 3.65. The van der Waals surface area contributed by atoms with E-state index in [9.17, 15) is 4.79 Å². The summed E-state index contributed by atoms with van der Waals surface area (Å²) in [6.45, 7) is 2.50. The predicted molar refractivity (Wildman–Crippen MR) is 110 cm³/mol. The molecule has 0 unspecified atom stereocenters. The summed E-state index contributed by atoms with van der Waals surface area (Å²) < 4.78 is 1.09. The Labute approximate surface area is 162 Å². The Balaban J connectivity index is 1.79. The number of aryl methyl sites for hydroxylation is 1. The molecule has 27 heavy (non-hydrogen) atoms. The highest BCUT2D eigenvalue weighted by atomic mass is 32.1. The fourth-order valence-electron chi connectivity index (χ4n) is 3.01. The number of aromatic nitrogens is 2. The standard InChI is InChI=1S/C22H19N3OS/c1-2-16-11-8-13-19-20(16)24-22(27-19)25(15-18-12-6-7-14-23-18)21(26)17-9-4-3-5-10-17/h3-14H,2,15H2,1H3. The summed E-state index contributed by atoms with van der Waals surface area (Å²) in [6, 6.07) is 21.2. The van der Waals surface area contributed by atoms with Crippen molar-refractivity contribution < 1.29 is 4.79 Å². The lowest BCUT2D eigenvalue weighted by atomic mass is 10.1. The van der Waals surface area contributed by atoms with Crippen LogP contribution in [-0.2, 0) is 13.0 Å². The summed E-state index contributed by atoms with van der Waals surface area (Å²) in [7, 11) is 0. The molecule has 2 heterocycles. The summed E-state index contributed by atoms with van der Waals surface area (Å²) >= 11 is 1.54. The number of hydrogen-bond donors (Lipinski definition) is 0. The van der Waals surface area contributed by atoms with E-state index in [0.29, 0.717) is 17.2 Å². The first-order valence-corrected chi connectivity index (χ1v) is 9.73. The maximum atomic E-state index is 13.2. The fraction of sp³-hybridized carbons (Fsp3) is 0.136. The topological polar surface area (TPSA) is 46.1 Å². The number of rotatable bonds is 5. The van der Waals surface area contributed by atoms with Gasteiger partial charge in [0.25, 0.3) is 5.91 Å². The Morgan fingerprint density at radius 1 is 1.00 bits per heavy atom. The number of anilines is 1. The van der Waals surface area contributed by atoms with E-state index in [1.807, 2.05) is 54.6 Å². The molecule has 1 amide bonds. The van der Waals surface area contributed by atoms with Crippen LogP contribution in [0.15, 0.2) is 72.9 Å². The highest BCUT2D eigenvalue weighted by Gasteiger charge is 2.22. The van der Waals surface area contributed by atoms with Gasteiger partial charge in [-0.1, -0.05) is 54.7 Å². The van der Waals surface area contributed by atoms with Gasteiger partial charge in [0.15, 0.2) is 5.13 Å². The molecule has 0 radical (unpaired) electrons. The number of carbonyl (C=O) groups is 1. The molecule has 0 N–H and O–H groups in total. The molecule has 0 saturated heterocycles. The first-order valence-electron chi connectivity index (χ1n) is 8.91. The van der Waals surface area contributed by atoms with Crippen LogP contribution >= 0.6 is 11.3 Å². The van der Waals surface area contributed by atoms with Crippen LogP contribution in [0.3, 0.4) is 0 Å². The number of carbonyl (C=O) groups excluding carboxylic acids is 1. The first-order chi connectivity index (χ1) is 13.3. The maximum Gasteiger partial charge on any atom is 0.260 e. The van der Waals surface area contributed by atoms with Crippen LogP contribution < -0.4 is 4.90 Å². The van der Waals surface area contributed by atoms with Gasteiger partial charge in [-0.05, 0) is 42.3 Å². The molecule has 0 bridgehead atoms. The van der Waals surface area contributed by atoms with Gasteiger partial charge in [-0.25, -0.2) is 4.98 Å². The van der Waals surface area contributed by atoms with E-state index >= 15 is 0 Å². The van der Waals surface area contributed by atoms with Gasteiger partial charge < -0.3 is 0 Å². The molecular formula is C22H19N3OS. The van der Waals surface area contributed by atoms with Crippen molar-refractivity contribution in [3.05, 3.63) is 89.7 Å². The van der Waals surface area contributed by atoms with Crippen molar-refractivity contribution in [2.24, 2.45) is 0 Å². The van der Waals surface area contributed by atoms with Crippen molar-refractivity contribution in [3.8, 4) is 0 Å². The first kappa shape index (κ1) is 17.4. The van der Waals surface area contributed by atoms with Gasteiger partial charge in [-0.2, -0.15) is 0 Å². The van der Waals surface area contributed by atoms with E-state index in [1.54, 1.807) is 22.4 Å². The van der Waals surface area contributed by atoms with Crippen molar-refractivity contribution in [2.45, 2.75) is 19.9 Å². The average molecular weight is 373 g/mol. The zero-order chi connectivity index (χ0) is 18.6. The molecule has 0 spiro atoms. The van der Waals surface area contributed by atoms with Crippen LogP contribution in [0.1, 0.15) is 28.5 Å². The lowest BCUT2D eigenvalue weighted by Crippen LogP contribution is -2.30. The molecule has 0 atom stereocenters. The number of pyridine rings is 1. The smallest absolute Gasteiger partial charge is 0.260 e. The summed E-state index contributed by atoms with van der Waals surface area (Å²) in [4.78, 5) is 24.2. The molecule has 0 fully saturated rings. The number of hydrogen-bond acceptors (Lipinski definition) is 4. The third-order valence-corrected chi connectivity index (χ3v) is 5.46. The van der Waals surface area contributed by atoms with Gasteiger partial charge in [-0.3, -0.25) is 14.7 Å². The van der Waals surface area contributed by atoms with Crippen LogP contribution in [-0.4, -0.2) is 15.9 Å². The molecule has 0 saturated carbocycles. The normalized spacial score (nSPS) is 10.9. The maximum absolute atomic E-state index is 13.2. The zero-order valence-electron chi connectivity index (χ0n) is 15.0. The summed E-state index contributed by atoms with van der Waals surface area (Å²) in [6.07, 6.45) is 2.65. The van der Waals surface area contributed by atoms with Crippen LogP contribution in [0, 0.1) is 0 Å². The Kier molecular flexibility index (Phi) is 4.94. The Bertz CT molecular complexity index is 1060. The van der Waals surface area contributed by atoms with Crippen molar-refractivity contribution in [2.75, 3.05) is 4.90 Å². The second-order valence-electron chi connectivity index (χ2n) is 6.19. The summed E-state index contributed by atoms with van der Waals surface area (Å²) in [5.74, 6) is -0.0710. The van der Waals surface area contributed by atoms with Crippen LogP contribution in [0.25, 0.3) is 10.2 Å². The molecule has 2 aromatic heterocycles. The Morgan fingerprint density at radius 2 is 1.81 bits per heavy atom. The number of nitrogens with zero attached hydrogens (tertiary/aromatic N) is 3. The molecule has 4 rings (SSSR count). The lowest BCUT2D eigenvalue weighted by Gasteiger charge is -2.19.